The fourth-order valence-electron chi connectivity index (χ4n) is 1.09. The number of hydrogen-bond donors (Lipinski definition) is 2. The number of amides is 1. The summed E-state index contributed by atoms with van der Waals surface area (Å²) in [6.07, 6.45) is 0.840. The van der Waals surface area contributed by atoms with Crippen LogP contribution in [0, 0.1) is 0 Å². The number of nitrogens with one attached hydrogen (secondary N) is 1. The summed E-state index contributed by atoms with van der Waals surface area (Å²) >= 11 is 5.74. The molecule has 1 aromatic carbocycles. The number of rotatable bonds is 3. The largest absolute Gasteiger partial charge is 0.507 e. The summed E-state index contributed by atoms with van der Waals surface area (Å²) in [5.74, 6) is -0.357. The van der Waals surface area contributed by atoms with Gasteiger partial charge in [0.05, 0.1) is 5.56 Å². The van der Waals surface area contributed by atoms with Crippen LogP contribution in [0.25, 0.3) is 0 Å². The molecule has 0 aromatic heterocycles. The van der Waals surface area contributed by atoms with E-state index >= 15 is 0 Å². The first-order chi connectivity index (χ1) is 7.04. The lowest BCUT2D eigenvalue weighted by molar-refractivity contribution is 0.0936. The molecule has 1 atom stereocenters. The van der Waals surface area contributed by atoms with Gasteiger partial charge in [-0.2, -0.15) is 0 Å². The Kier molecular flexibility index (Phi) is 3.97. The molecule has 0 heterocycles. The number of hydrogen-bond acceptors (Lipinski definition) is 2. The van der Waals surface area contributed by atoms with Crippen LogP contribution in [-0.2, 0) is 0 Å². The van der Waals surface area contributed by atoms with Crippen molar-refractivity contribution in [1.29, 1.82) is 0 Å². The zero-order valence-corrected chi connectivity index (χ0v) is 9.51. The van der Waals surface area contributed by atoms with Gasteiger partial charge >= 0.3 is 0 Å². The Morgan fingerprint density at radius 3 is 2.87 bits per heavy atom. The van der Waals surface area contributed by atoms with E-state index in [0.717, 1.165) is 6.42 Å². The van der Waals surface area contributed by atoms with E-state index in [1.807, 2.05) is 13.8 Å². The van der Waals surface area contributed by atoms with Crippen LogP contribution < -0.4 is 5.32 Å². The van der Waals surface area contributed by atoms with Crippen molar-refractivity contribution >= 4 is 17.5 Å². The van der Waals surface area contributed by atoms with Crippen LogP contribution in [0.5, 0.6) is 5.75 Å². The van der Waals surface area contributed by atoms with Crippen molar-refractivity contribution in [2.75, 3.05) is 0 Å². The van der Waals surface area contributed by atoms with E-state index in [0.29, 0.717) is 5.02 Å². The fraction of sp³-hybridized carbons (Fsp3) is 0.364. The third kappa shape index (κ3) is 3.13. The minimum atomic E-state index is -0.302. The maximum absolute atomic E-state index is 11.7. The van der Waals surface area contributed by atoms with Gasteiger partial charge in [-0.1, -0.05) is 18.5 Å². The average Bonchev–Trinajstić information content (AvgIpc) is 2.21. The first-order valence-corrected chi connectivity index (χ1v) is 5.21. The maximum Gasteiger partial charge on any atom is 0.255 e. The zero-order chi connectivity index (χ0) is 11.4. The predicted octanol–water partition coefficient (Wildman–Crippen LogP) is 2.57. The quantitative estimate of drug-likeness (QED) is 0.834. The molecule has 4 heteroatoms. The molecule has 1 aromatic rings. The fourth-order valence-corrected chi connectivity index (χ4v) is 1.27. The molecule has 3 nitrogen and oxygen atoms in total. The molecule has 0 fully saturated rings. The molecular weight excluding hydrogens is 214 g/mol. The molecule has 1 amide bonds. The number of carbonyl (C=O) groups excluding carboxylic acids is 1. The molecule has 0 bridgehead atoms. The Morgan fingerprint density at radius 1 is 1.60 bits per heavy atom. The lowest BCUT2D eigenvalue weighted by Gasteiger charge is -2.12. The van der Waals surface area contributed by atoms with Crippen molar-refractivity contribution in [2.24, 2.45) is 0 Å². The first-order valence-electron chi connectivity index (χ1n) is 4.84. The monoisotopic (exact) mass is 227 g/mol. The third-order valence-corrected chi connectivity index (χ3v) is 2.43. The summed E-state index contributed by atoms with van der Waals surface area (Å²) in [7, 11) is 0. The molecule has 82 valence electrons. The molecule has 0 saturated heterocycles. The normalized spacial score (nSPS) is 12.2. The number of carbonyl (C=O) groups is 1. The van der Waals surface area contributed by atoms with Crippen LogP contribution in [0.15, 0.2) is 18.2 Å². The van der Waals surface area contributed by atoms with Crippen LogP contribution in [0.4, 0.5) is 0 Å². The van der Waals surface area contributed by atoms with E-state index in [1.54, 1.807) is 0 Å². The van der Waals surface area contributed by atoms with Gasteiger partial charge in [0.25, 0.3) is 5.91 Å². The van der Waals surface area contributed by atoms with Gasteiger partial charge in [-0.15, -0.1) is 0 Å². The van der Waals surface area contributed by atoms with Crippen LogP contribution >= 0.6 is 11.6 Å². The highest BCUT2D eigenvalue weighted by molar-refractivity contribution is 6.31. The molecule has 0 saturated carbocycles. The zero-order valence-electron chi connectivity index (χ0n) is 8.75. The third-order valence-electron chi connectivity index (χ3n) is 2.19. The summed E-state index contributed by atoms with van der Waals surface area (Å²) in [6, 6.07) is 4.48. The van der Waals surface area contributed by atoms with Crippen molar-refractivity contribution in [1.82, 2.24) is 5.32 Å². The summed E-state index contributed by atoms with van der Waals surface area (Å²) in [6.45, 7) is 3.88. The van der Waals surface area contributed by atoms with Crippen LogP contribution in [-0.4, -0.2) is 17.1 Å². The minimum Gasteiger partial charge on any atom is -0.507 e. The number of phenolic OH excluding ortho intramolecular Hbond substituents is 1. The number of halogens is 1. The summed E-state index contributed by atoms with van der Waals surface area (Å²) in [5.41, 5.74) is 0.211. The summed E-state index contributed by atoms with van der Waals surface area (Å²) < 4.78 is 0. The molecule has 0 aliphatic rings. The lowest BCUT2D eigenvalue weighted by atomic mass is 10.1. The summed E-state index contributed by atoms with van der Waals surface area (Å²) in [5, 5.41) is 12.7. The Hall–Kier alpha value is -1.22. The summed E-state index contributed by atoms with van der Waals surface area (Å²) in [4.78, 5) is 11.7. The van der Waals surface area contributed by atoms with Crippen LogP contribution in [0.2, 0.25) is 5.02 Å². The Labute approximate surface area is 94.1 Å². The lowest BCUT2D eigenvalue weighted by Crippen LogP contribution is -2.31. The SMILES string of the molecule is CCC(C)NC(=O)c1cc(Cl)ccc1O. The van der Waals surface area contributed by atoms with E-state index < -0.39 is 0 Å². The van der Waals surface area contributed by atoms with Crippen molar-refractivity contribution < 1.29 is 9.90 Å². The topological polar surface area (TPSA) is 49.3 Å². The Bertz CT molecular complexity index is 366. The predicted molar refractivity (Wildman–Crippen MR) is 60.3 cm³/mol. The van der Waals surface area contributed by atoms with Gasteiger partial charge < -0.3 is 10.4 Å². The van der Waals surface area contributed by atoms with E-state index in [2.05, 4.69) is 5.32 Å². The second-order valence-corrected chi connectivity index (χ2v) is 3.88. The highest BCUT2D eigenvalue weighted by Crippen LogP contribution is 2.21. The number of phenols is 1. The van der Waals surface area contributed by atoms with Gasteiger partial charge in [0.15, 0.2) is 0 Å². The standard InChI is InChI=1S/C11H14ClNO2/c1-3-7(2)13-11(15)9-6-8(12)4-5-10(9)14/h4-7,14H,3H2,1-2H3,(H,13,15). The molecule has 2 N–H and O–H groups in total. The molecule has 0 spiro atoms. The van der Waals surface area contributed by atoms with Crippen LogP contribution in [0.1, 0.15) is 30.6 Å². The maximum atomic E-state index is 11.7. The van der Waals surface area contributed by atoms with Crippen LogP contribution in [0.3, 0.4) is 0 Å². The number of benzene rings is 1. The van der Waals surface area contributed by atoms with Crippen molar-refractivity contribution in [3.05, 3.63) is 28.8 Å². The molecule has 0 aliphatic heterocycles. The Balaban J connectivity index is 2.86. The van der Waals surface area contributed by atoms with E-state index in [9.17, 15) is 9.90 Å². The van der Waals surface area contributed by atoms with E-state index in [-0.39, 0.29) is 23.3 Å². The first kappa shape index (κ1) is 11.9. The Morgan fingerprint density at radius 2 is 2.27 bits per heavy atom. The van der Waals surface area contributed by atoms with E-state index in [1.165, 1.54) is 18.2 Å². The molecular formula is C11H14ClNO2. The molecule has 0 radical (unpaired) electrons. The van der Waals surface area contributed by atoms with E-state index in [4.69, 9.17) is 11.6 Å². The van der Waals surface area contributed by atoms with Gasteiger partial charge in [0.2, 0.25) is 0 Å². The molecule has 0 aliphatic carbocycles. The van der Waals surface area contributed by atoms with Crippen molar-refractivity contribution in [3.8, 4) is 5.75 Å². The second-order valence-electron chi connectivity index (χ2n) is 3.44. The smallest absolute Gasteiger partial charge is 0.255 e. The molecule has 15 heavy (non-hydrogen) atoms. The number of aromatic hydroxyl groups is 1. The molecule has 1 rings (SSSR count). The van der Waals surface area contributed by atoms with Gasteiger partial charge in [-0.3, -0.25) is 4.79 Å². The highest BCUT2D eigenvalue weighted by atomic mass is 35.5. The minimum absolute atomic E-state index is 0.0554. The van der Waals surface area contributed by atoms with Gasteiger partial charge in [-0.05, 0) is 31.5 Å². The second kappa shape index (κ2) is 5.03. The highest BCUT2D eigenvalue weighted by Gasteiger charge is 2.13. The van der Waals surface area contributed by atoms with Gasteiger partial charge in [-0.25, -0.2) is 0 Å². The van der Waals surface area contributed by atoms with Crippen molar-refractivity contribution in [2.45, 2.75) is 26.3 Å². The molecule has 1 unspecified atom stereocenters. The van der Waals surface area contributed by atoms with Crippen molar-refractivity contribution in [3.63, 3.8) is 0 Å². The van der Waals surface area contributed by atoms with Gasteiger partial charge in [0.1, 0.15) is 5.75 Å². The average molecular weight is 228 g/mol. The van der Waals surface area contributed by atoms with Gasteiger partial charge in [0, 0.05) is 11.1 Å².